The summed E-state index contributed by atoms with van der Waals surface area (Å²) in [6.45, 7) is 0.162. The first-order chi connectivity index (χ1) is 10.6. The molecule has 1 unspecified atom stereocenters. The molecule has 5 nitrogen and oxygen atoms in total. The van der Waals surface area contributed by atoms with E-state index >= 15 is 0 Å². The average Bonchev–Trinajstić information content (AvgIpc) is 3.12. The maximum atomic E-state index is 13.1. The van der Waals surface area contributed by atoms with Gasteiger partial charge in [-0.25, -0.2) is 18.4 Å². The summed E-state index contributed by atoms with van der Waals surface area (Å²) in [5.41, 5.74) is 0.830. The Hall–Kier alpha value is -2.31. The highest BCUT2D eigenvalue weighted by molar-refractivity contribution is 5.79. The zero-order valence-corrected chi connectivity index (χ0v) is 11.9. The Balaban J connectivity index is 1.63. The van der Waals surface area contributed by atoms with Crippen LogP contribution in [0.2, 0.25) is 0 Å². The zero-order valence-electron chi connectivity index (χ0n) is 11.9. The van der Waals surface area contributed by atoms with E-state index in [9.17, 15) is 13.6 Å². The van der Waals surface area contributed by atoms with Crippen LogP contribution < -0.4 is 5.32 Å². The van der Waals surface area contributed by atoms with Gasteiger partial charge >= 0.3 is 0 Å². The summed E-state index contributed by atoms with van der Waals surface area (Å²) in [5.74, 6) is -3.13. The quantitative estimate of drug-likeness (QED) is 0.943. The monoisotopic (exact) mass is 306 g/mol. The molecule has 1 atom stereocenters. The lowest BCUT2D eigenvalue weighted by Crippen LogP contribution is -2.30. The molecule has 1 N–H and O–H groups in total. The van der Waals surface area contributed by atoms with Crippen molar-refractivity contribution in [3.05, 3.63) is 42.5 Å². The molecule has 0 saturated heterocycles. The molecule has 1 saturated carbocycles. The van der Waals surface area contributed by atoms with Crippen molar-refractivity contribution < 1.29 is 13.6 Å². The Kier molecular flexibility index (Phi) is 3.87. The van der Waals surface area contributed by atoms with Crippen LogP contribution in [0.25, 0.3) is 5.69 Å². The van der Waals surface area contributed by atoms with Crippen molar-refractivity contribution in [3.8, 4) is 5.69 Å². The maximum absolute atomic E-state index is 13.1. The molecule has 1 aliphatic carbocycles. The molecular formula is C15H16F2N4O. The largest absolute Gasteiger partial charge is 0.349 e. The molecule has 1 aliphatic rings. The highest BCUT2D eigenvalue weighted by atomic mass is 19.3. The number of carbonyl (C=O) groups excluding carboxylic acids is 1. The van der Waals surface area contributed by atoms with Crippen LogP contribution in [0.5, 0.6) is 0 Å². The lowest BCUT2D eigenvalue weighted by atomic mass is 10.1. The van der Waals surface area contributed by atoms with Crippen LogP contribution >= 0.6 is 0 Å². The van der Waals surface area contributed by atoms with Crippen molar-refractivity contribution in [1.82, 2.24) is 20.1 Å². The van der Waals surface area contributed by atoms with Gasteiger partial charge in [-0.2, -0.15) is 5.10 Å². The van der Waals surface area contributed by atoms with Crippen LogP contribution in [0.4, 0.5) is 8.78 Å². The third-order valence-electron chi connectivity index (χ3n) is 3.81. The van der Waals surface area contributed by atoms with Crippen molar-refractivity contribution in [3.63, 3.8) is 0 Å². The van der Waals surface area contributed by atoms with Crippen LogP contribution in [-0.2, 0) is 11.3 Å². The number of hydrogen-bond acceptors (Lipinski definition) is 3. The van der Waals surface area contributed by atoms with Crippen LogP contribution in [0, 0.1) is 5.92 Å². The highest BCUT2D eigenvalue weighted by Gasteiger charge is 2.42. The summed E-state index contributed by atoms with van der Waals surface area (Å²) in [7, 11) is 0. The summed E-state index contributed by atoms with van der Waals surface area (Å²) in [5, 5.41) is 6.80. The molecule has 7 heteroatoms. The Morgan fingerprint density at radius 2 is 2.14 bits per heavy atom. The molecule has 2 aromatic rings. The Labute approximate surface area is 126 Å². The Morgan fingerprint density at radius 1 is 1.36 bits per heavy atom. The molecule has 3 rings (SSSR count). The fourth-order valence-corrected chi connectivity index (χ4v) is 2.66. The summed E-state index contributed by atoms with van der Waals surface area (Å²) in [6, 6.07) is 9.39. The van der Waals surface area contributed by atoms with E-state index in [1.165, 1.54) is 6.33 Å². The third-order valence-corrected chi connectivity index (χ3v) is 3.81. The van der Waals surface area contributed by atoms with Gasteiger partial charge in [-0.05, 0) is 18.6 Å². The third kappa shape index (κ3) is 3.13. The molecule has 1 heterocycles. The topological polar surface area (TPSA) is 59.8 Å². The predicted molar refractivity (Wildman–Crippen MR) is 75.5 cm³/mol. The minimum Gasteiger partial charge on any atom is -0.349 e. The minimum atomic E-state index is -2.72. The van der Waals surface area contributed by atoms with Gasteiger partial charge in [-0.15, -0.1) is 0 Å². The van der Waals surface area contributed by atoms with Crippen molar-refractivity contribution >= 4 is 5.91 Å². The number of carbonyl (C=O) groups is 1. The number of rotatable bonds is 4. The second-order valence-corrected chi connectivity index (χ2v) is 5.44. The number of para-hydroxylation sites is 1. The molecule has 1 aromatic heterocycles. The number of aromatic nitrogens is 3. The van der Waals surface area contributed by atoms with Gasteiger partial charge in [0.2, 0.25) is 11.8 Å². The van der Waals surface area contributed by atoms with E-state index in [2.05, 4.69) is 15.4 Å². The van der Waals surface area contributed by atoms with Gasteiger partial charge in [0.25, 0.3) is 0 Å². The van der Waals surface area contributed by atoms with Gasteiger partial charge in [0.05, 0.1) is 12.2 Å². The number of alkyl halides is 2. The summed E-state index contributed by atoms with van der Waals surface area (Å²) in [6.07, 6.45) is 1.04. The predicted octanol–water partition coefficient (Wildman–Crippen LogP) is 2.32. The number of halogens is 2. The normalized spacial score (nSPS) is 20.0. The van der Waals surface area contributed by atoms with Crippen molar-refractivity contribution in [2.24, 2.45) is 5.92 Å². The van der Waals surface area contributed by atoms with E-state index in [4.69, 9.17) is 0 Å². The van der Waals surface area contributed by atoms with E-state index in [0.29, 0.717) is 5.82 Å². The SMILES string of the molecule is O=C(NCc1ncnn1-c1ccccc1)C1CCC(F)(F)C1. The molecule has 116 valence electrons. The van der Waals surface area contributed by atoms with Crippen LogP contribution in [0.3, 0.4) is 0 Å². The molecular weight excluding hydrogens is 290 g/mol. The molecule has 1 fully saturated rings. The molecule has 1 amide bonds. The second kappa shape index (κ2) is 5.82. The summed E-state index contributed by atoms with van der Waals surface area (Å²) in [4.78, 5) is 16.1. The number of amides is 1. The first kappa shape index (κ1) is 14.6. The standard InChI is InChI=1S/C15H16F2N4O/c16-15(17)7-6-11(8-15)14(22)18-9-13-19-10-20-21(13)12-4-2-1-3-5-12/h1-5,10-11H,6-9H2,(H,18,22). The minimum absolute atomic E-state index is 0.162. The van der Waals surface area contributed by atoms with Gasteiger partial charge < -0.3 is 5.32 Å². The molecule has 0 aliphatic heterocycles. The van der Waals surface area contributed by atoms with E-state index in [1.54, 1.807) is 4.68 Å². The van der Waals surface area contributed by atoms with E-state index < -0.39 is 11.8 Å². The van der Waals surface area contributed by atoms with Gasteiger partial charge in [0, 0.05) is 18.8 Å². The van der Waals surface area contributed by atoms with E-state index in [0.717, 1.165) is 5.69 Å². The smallest absolute Gasteiger partial charge is 0.248 e. The first-order valence-electron chi connectivity index (χ1n) is 7.15. The maximum Gasteiger partial charge on any atom is 0.248 e. The first-order valence-corrected chi connectivity index (χ1v) is 7.15. The molecule has 0 bridgehead atoms. The molecule has 1 aromatic carbocycles. The van der Waals surface area contributed by atoms with Gasteiger partial charge in [-0.1, -0.05) is 18.2 Å². The van der Waals surface area contributed by atoms with Gasteiger partial charge in [-0.3, -0.25) is 4.79 Å². The Bertz CT molecular complexity index is 657. The molecule has 0 spiro atoms. The van der Waals surface area contributed by atoms with Crippen LogP contribution in [-0.4, -0.2) is 26.6 Å². The van der Waals surface area contributed by atoms with Crippen LogP contribution in [0.1, 0.15) is 25.1 Å². The lowest BCUT2D eigenvalue weighted by Gasteiger charge is -2.11. The average molecular weight is 306 g/mol. The highest BCUT2D eigenvalue weighted by Crippen LogP contribution is 2.38. The molecule has 0 radical (unpaired) electrons. The van der Waals surface area contributed by atoms with E-state index in [1.807, 2.05) is 30.3 Å². The summed E-state index contributed by atoms with van der Waals surface area (Å²) < 4.78 is 27.9. The Morgan fingerprint density at radius 3 is 2.82 bits per heavy atom. The van der Waals surface area contributed by atoms with Crippen LogP contribution in [0.15, 0.2) is 36.7 Å². The van der Waals surface area contributed by atoms with Gasteiger partial charge in [0.1, 0.15) is 6.33 Å². The van der Waals surface area contributed by atoms with Crippen molar-refractivity contribution in [2.75, 3.05) is 0 Å². The lowest BCUT2D eigenvalue weighted by molar-refractivity contribution is -0.126. The number of nitrogens with zero attached hydrogens (tertiary/aromatic N) is 3. The summed E-state index contributed by atoms with van der Waals surface area (Å²) >= 11 is 0. The van der Waals surface area contributed by atoms with Gasteiger partial charge in [0.15, 0.2) is 5.82 Å². The fourth-order valence-electron chi connectivity index (χ4n) is 2.66. The fraction of sp³-hybridized carbons (Fsp3) is 0.400. The zero-order chi connectivity index (χ0) is 15.6. The number of nitrogens with one attached hydrogen (secondary N) is 1. The number of hydrogen-bond donors (Lipinski definition) is 1. The van der Waals surface area contributed by atoms with Crippen molar-refractivity contribution in [1.29, 1.82) is 0 Å². The second-order valence-electron chi connectivity index (χ2n) is 5.44. The molecule has 22 heavy (non-hydrogen) atoms. The van der Waals surface area contributed by atoms with E-state index in [-0.39, 0.29) is 31.7 Å². The van der Waals surface area contributed by atoms with Crippen molar-refractivity contribution in [2.45, 2.75) is 31.7 Å². The number of benzene rings is 1.